The number of hydrogen-bond acceptors (Lipinski definition) is 5. The molecule has 0 saturated carbocycles. The first-order valence-corrected chi connectivity index (χ1v) is 12.5. The first-order valence-electron chi connectivity index (χ1n) is 11.3. The molecule has 0 unspecified atom stereocenters. The van der Waals surface area contributed by atoms with Crippen molar-refractivity contribution in [3.63, 3.8) is 0 Å². The number of carbonyl (C=O) groups is 1. The highest BCUT2D eigenvalue weighted by molar-refractivity contribution is 7.20. The third-order valence-electron chi connectivity index (χ3n) is 6.33. The molecule has 1 amide bonds. The second kappa shape index (κ2) is 9.41. The average molecular weight is 495 g/mol. The van der Waals surface area contributed by atoms with E-state index in [0.717, 1.165) is 57.4 Å². The van der Waals surface area contributed by atoms with Crippen molar-refractivity contribution in [2.45, 2.75) is 20.4 Å². The SMILES string of the molecule is COc1ccc(Cl)cc1CN1CCN(C(=O)c2cc3c(C)nn(-c4ccc(C)cc4)c3s2)CC1. The first-order chi connectivity index (χ1) is 16.4. The number of thiophene rings is 1. The number of ether oxygens (including phenoxy) is 1. The number of nitrogens with zero attached hydrogens (tertiary/aromatic N) is 4. The first kappa shape index (κ1) is 22.9. The zero-order valence-electron chi connectivity index (χ0n) is 19.5. The van der Waals surface area contributed by atoms with Gasteiger partial charge >= 0.3 is 0 Å². The van der Waals surface area contributed by atoms with Crippen LogP contribution < -0.4 is 4.74 Å². The van der Waals surface area contributed by atoms with Crippen LogP contribution in [0.5, 0.6) is 5.75 Å². The van der Waals surface area contributed by atoms with Crippen molar-refractivity contribution in [1.29, 1.82) is 0 Å². The maximum Gasteiger partial charge on any atom is 0.264 e. The monoisotopic (exact) mass is 494 g/mol. The van der Waals surface area contributed by atoms with E-state index in [4.69, 9.17) is 21.4 Å². The van der Waals surface area contributed by atoms with E-state index in [1.807, 2.05) is 40.8 Å². The Morgan fingerprint density at radius 3 is 2.50 bits per heavy atom. The van der Waals surface area contributed by atoms with Gasteiger partial charge in [-0.1, -0.05) is 29.3 Å². The molecule has 6 nitrogen and oxygen atoms in total. The van der Waals surface area contributed by atoms with E-state index < -0.39 is 0 Å². The summed E-state index contributed by atoms with van der Waals surface area (Å²) in [5.74, 6) is 0.933. The average Bonchev–Trinajstić information content (AvgIpc) is 3.40. The van der Waals surface area contributed by atoms with Crippen LogP contribution in [-0.4, -0.2) is 58.8 Å². The molecule has 2 aromatic carbocycles. The van der Waals surface area contributed by atoms with Crippen molar-refractivity contribution in [2.24, 2.45) is 0 Å². The third kappa shape index (κ3) is 4.43. The Bertz CT molecular complexity index is 1340. The molecular weight excluding hydrogens is 468 g/mol. The van der Waals surface area contributed by atoms with Crippen molar-refractivity contribution in [1.82, 2.24) is 19.6 Å². The maximum absolute atomic E-state index is 13.3. The molecule has 0 aliphatic carbocycles. The fourth-order valence-corrected chi connectivity index (χ4v) is 5.74. The van der Waals surface area contributed by atoms with Crippen LogP contribution in [0.15, 0.2) is 48.5 Å². The fraction of sp³-hybridized carbons (Fsp3) is 0.308. The molecule has 34 heavy (non-hydrogen) atoms. The predicted octanol–water partition coefficient (Wildman–Crippen LogP) is 5.32. The van der Waals surface area contributed by atoms with Crippen LogP contribution in [0, 0.1) is 13.8 Å². The molecule has 1 saturated heterocycles. The van der Waals surface area contributed by atoms with Gasteiger partial charge in [0.15, 0.2) is 0 Å². The number of benzene rings is 2. The van der Waals surface area contributed by atoms with Crippen molar-refractivity contribution < 1.29 is 9.53 Å². The number of methoxy groups -OCH3 is 1. The summed E-state index contributed by atoms with van der Waals surface area (Å²) < 4.78 is 7.43. The van der Waals surface area contributed by atoms with Crippen LogP contribution in [0.2, 0.25) is 5.02 Å². The van der Waals surface area contributed by atoms with E-state index in [-0.39, 0.29) is 5.91 Å². The van der Waals surface area contributed by atoms with E-state index in [2.05, 4.69) is 36.1 Å². The van der Waals surface area contributed by atoms with Crippen LogP contribution >= 0.6 is 22.9 Å². The van der Waals surface area contributed by atoms with Gasteiger partial charge in [0, 0.05) is 48.7 Å². The summed E-state index contributed by atoms with van der Waals surface area (Å²) in [6, 6.07) is 16.0. The molecule has 3 heterocycles. The van der Waals surface area contributed by atoms with E-state index in [9.17, 15) is 4.79 Å². The number of amides is 1. The fourth-order valence-electron chi connectivity index (χ4n) is 4.39. The van der Waals surface area contributed by atoms with Gasteiger partial charge in [-0.3, -0.25) is 9.69 Å². The summed E-state index contributed by atoms with van der Waals surface area (Å²) in [6.07, 6.45) is 0. The quantitative estimate of drug-likeness (QED) is 0.376. The van der Waals surface area contributed by atoms with Crippen LogP contribution in [0.1, 0.15) is 26.5 Å². The standard InChI is InChI=1S/C26H27ClN4O2S/c1-17-4-7-21(8-5-17)31-26-22(18(2)28-31)15-24(34-26)25(32)30-12-10-29(11-13-30)16-19-14-20(27)6-9-23(19)33-3/h4-9,14-15H,10-13,16H2,1-3H3. The van der Waals surface area contributed by atoms with E-state index in [1.165, 1.54) is 16.9 Å². The minimum atomic E-state index is 0.0936. The minimum Gasteiger partial charge on any atom is -0.496 e. The summed E-state index contributed by atoms with van der Waals surface area (Å²) in [4.78, 5) is 19.4. The predicted molar refractivity (Wildman–Crippen MR) is 138 cm³/mol. The van der Waals surface area contributed by atoms with Gasteiger partial charge in [-0.15, -0.1) is 11.3 Å². The number of rotatable bonds is 5. The molecular formula is C26H27ClN4O2S. The van der Waals surface area contributed by atoms with Gasteiger partial charge in [0.05, 0.1) is 23.4 Å². The molecule has 176 valence electrons. The number of fused-ring (bicyclic) bond motifs is 1. The molecule has 0 spiro atoms. The highest BCUT2D eigenvalue weighted by Crippen LogP contribution is 2.31. The van der Waals surface area contributed by atoms with Crippen LogP contribution in [-0.2, 0) is 6.54 Å². The number of carbonyl (C=O) groups excluding carboxylic acids is 1. The molecule has 8 heteroatoms. The van der Waals surface area contributed by atoms with Crippen LogP contribution in [0.4, 0.5) is 0 Å². The topological polar surface area (TPSA) is 50.6 Å². The Hall–Kier alpha value is -2.87. The van der Waals surface area contributed by atoms with Gasteiger partial charge in [-0.2, -0.15) is 5.10 Å². The van der Waals surface area contributed by atoms with Crippen LogP contribution in [0.3, 0.4) is 0 Å². The van der Waals surface area contributed by atoms with Crippen molar-refractivity contribution >= 4 is 39.1 Å². The number of hydrogen-bond donors (Lipinski definition) is 0. The van der Waals surface area contributed by atoms with Crippen molar-refractivity contribution in [3.8, 4) is 11.4 Å². The van der Waals surface area contributed by atoms with Gasteiger partial charge in [-0.05, 0) is 50.2 Å². The lowest BCUT2D eigenvalue weighted by Gasteiger charge is -2.34. The Balaban J connectivity index is 1.29. The maximum atomic E-state index is 13.3. The highest BCUT2D eigenvalue weighted by Gasteiger charge is 2.25. The van der Waals surface area contributed by atoms with Crippen molar-refractivity contribution in [2.75, 3.05) is 33.3 Å². The Labute approximate surface area is 208 Å². The lowest BCUT2D eigenvalue weighted by Crippen LogP contribution is -2.48. The lowest BCUT2D eigenvalue weighted by atomic mass is 10.1. The number of aromatic nitrogens is 2. The van der Waals surface area contributed by atoms with Gasteiger partial charge < -0.3 is 9.64 Å². The van der Waals surface area contributed by atoms with Gasteiger partial charge in [0.25, 0.3) is 5.91 Å². The second-order valence-corrected chi connectivity index (χ2v) is 10.2. The lowest BCUT2D eigenvalue weighted by molar-refractivity contribution is 0.0632. The largest absolute Gasteiger partial charge is 0.496 e. The molecule has 1 aliphatic heterocycles. The summed E-state index contributed by atoms with van der Waals surface area (Å²) >= 11 is 7.70. The number of piperazine rings is 1. The minimum absolute atomic E-state index is 0.0936. The zero-order chi connectivity index (χ0) is 23.8. The molecule has 5 rings (SSSR count). The number of halogens is 1. The normalized spacial score (nSPS) is 14.6. The van der Waals surface area contributed by atoms with Crippen molar-refractivity contribution in [3.05, 3.63) is 75.3 Å². The van der Waals surface area contributed by atoms with E-state index in [0.29, 0.717) is 18.1 Å². The molecule has 1 fully saturated rings. The molecule has 0 radical (unpaired) electrons. The highest BCUT2D eigenvalue weighted by atomic mass is 35.5. The number of aryl methyl sites for hydroxylation is 2. The van der Waals surface area contributed by atoms with E-state index in [1.54, 1.807) is 7.11 Å². The van der Waals surface area contributed by atoms with Gasteiger partial charge in [0.1, 0.15) is 10.6 Å². The molecule has 0 bridgehead atoms. The summed E-state index contributed by atoms with van der Waals surface area (Å²) in [5.41, 5.74) is 4.22. The van der Waals surface area contributed by atoms with Crippen LogP contribution in [0.25, 0.3) is 15.9 Å². The van der Waals surface area contributed by atoms with Gasteiger partial charge in [-0.25, -0.2) is 4.68 Å². The summed E-state index contributed by atoms with van der Waals surface area (Å²) in [5, 5.41) is 6.45. The molecule has 0 atom stereocenters. The molecule has 4 aromatic rings. The zero-order valence-corrected chi connectivity index (χ0v) is 21.1. The summed E-state index contributed by atoms with van der Waals surface area (Å²) in [7, 11) is 1.67. The smallest absolute Gasteiger partial charge is 0.264 e. The Morgan fingerprint density at radius 1 is 1.06 bits per heavy atom. The van der Waals surface area contributed by atoms with E-state index >= 15 is 0 Å². The third-order valence-corrected chi connectivity index (χ3v) is 7.66. The Kier molecular flexibility index (Phi) is 6.34. The Morgan fingerprint density at radius 2 is 1.79 bits per heavy atom. The molecule has 0 N–H and O–H groups in total. The molecule has 1 aliphatic rings. The second-order valence-electron chi connectivity index (χ2n) is 8.69. The van der Waals surface area contributed by atoms with Gasteiger partial charge in [0.2, 0.25) is 0 Å². The summed E-state index contributed by atoms with van der Waals surface area (Å²) in [6.45, 7) is 7.82. The molecule has 2 aromatic heterocycles.